The van der Waals surface area contributed by atoms with Crippen LogP contribution in [0.2, 0.25) is 18.1 Å². The maximum absolute atomic E-state index is 12.2. The molecule has 5 heteroatoms. The van der Waals surface area contributed by atoms with Gasteiger partial charge >= 0.3 is 0 Å². The van der Waals surface area contributed by atoms with Crippen LogP contribution in [0.1, 0.15) is 27.7 Å². The van der Waals surface area contributed by atoms with Crippen LogP contribution in [-0.4, -0.2) is 52.0 Å². The fourth-order valence-corrected chi connectivity index (χ4v) is 2.63. The summed E-state index contributed by atoms with van der Waals surface area (Å²) in [5.41, 5.74) is 0.769. The summed E-state index contributed by atoms with van der Waals surface area (Å²) in [7, 11) is -1.74. The van der Waals surface area contributed by atoms with Crippen LogP contribution < -0.4 is 0 Å². The van der Waals surface area contributed by atoms with E-state index in [0.29, 0.717) is 32.9 Å². The van der Waals surface area contributed by atoms with Crippen LogP contribution in [0, 0.1) is 0 Å². The number of amides is 1. The van der Waals surface area contributed by atoms with Crippen molar-refractivity contribution >= 4 is 14.2 Å². The second kappa shape index (κ2) is 6.87. The molecule has 1 amide bonds. The summed E-state index contributed by atoms with van der Waals surface area (Å²) >= 11 is 0. The van der Waals surface area contributed by atoms with Crippen LogP contribution in [0.4, 0.5) is 0 Å². The highest BCUT2D eigenvalue weighted by molar-refractivity contribution is 6.74. The molecule has 0 spiro atoms. The normalized spacial score (nSPS) is 18.3. The molecule has 0 aromatic rings. The van der Waals surface area contributed by atoms with E-state index in [2.05, 4.69) is 33.9 Å². The van der Waals surface area contributed by atoms with Crippen molar-refractivity contribution in [3.05, 3.63) is 11.6 Å². The Morgan fingerprint density at radius 2 is 1.85 bits per heavy atom. The van der Waals surface area contributed by atoms with E-state index < -0.39 is 8.32 Å². The zero-order chi connectivity index (χ0) is 15.4. The van der Waals surface area contributed by atoms with E-state index in [9.17, 15) is 4.79 Å². The summed E-state index contributed by atoms with van der Waals surface area (Å²) in [6.45, 7) is 16.1. The van der Waals surface area contributed by atoms with Crippen LogP contribution >= 0.6 is 0 Å². The summed E-state index contributed by atoms with van der Waals surface area (Å²) in [4.78, 5) is 14.1. The van der Waals surface area contributed by atoms with Crippen LogP contribution in [0.3, 0.4) is 0 Å². The van der Waals surface area contributed by atoms with Gasteiger partial charge in [-0.25, -0.2) is 0 Å². The second-order valence-corrected chi connectivity index (χ2v) is 11.7. The maximum Gasteiger partial charge on any atom is 0.249 e. The SMILES string of the molecule is C/C(=C\CO[Si](C)(C)C(C)(C)C)C(=O)N1CCOCC1. The van der Waals surface area contributed by atoms with Gasteiger partial charge in [-0.3, -0.25) is 4.79 Å². The third-order valence-electron chi connectivity index (χ3n) is 4.28. The Labute approximate surface area is 124 Å². The summed E-state index contributed by atoms with van der Waals surface area (Å²) in [5, 5.41) is 0.197. The smallest absolute Gasteiger partial charge is 0.249 e. The number of ether oxygens (including phenoxy) is 1. The molecular weight excluding hydrogens is 270 g/mol. The first-order valence-electron chi connectivity index (χ1n) is 7.33. The molecule has 0 N–H and O–H groups in total. The first-order chi connectivity index (χ1) is 9.15. The van der Waals surface area contributed by atoms with Gasteiger partial charge in [0.15, 0.2) is 8.32 Å². The van der Waals surface area contributed by atoms with Crippen LogP contribution in [0.25, 0.3) is 0 Å². The average Bonchev–Trinajstić information content (AvgIpc) is 2.37. The van der Waals surface area contributed by atoms with Crippen LogP contribution in [0.15, 0.2) is 11.6 Å². The molecule has 0 radical (unpaired) electrons. The van der Waals surface area contributed by atoms with Gasteiger partial charge in [-0.2, -0.15) is 0 Å². The zero-order valence-electron chi connectivity index (χ0n) is 13.8. The summed E-state index contributed by atoms with van der Waals surface area (Å²) in [6, 6.07) is 0. The number of carbonyl (C=O) groups excluding carboxylic acids is 1. The topological polar surface area (TPSA) is 38.8 Å². The lowest BCUT2D eigenvalue weighted by Crippen LogP contribution is -2.42. The van der Waals surface area contributed by atoms with Gasteiger partial charge in [0, 0.05) is 18.7 Å². The standard InChI is InChI=1S/C15H29NO3Si/c1-13(14(17)16-8-11-18-12-9-16)7-10-19-20(5,6)15(2,3)4/h7H,8-12H2,1-6H3/b13-7+. The number of morpholine rings is 1. The number of nitrogens with zero attached hydrogens (tertiary/aromatic N) is 1. The molecule has 0 aromatic carbocycles. The minimum Gasteiger partial charge on any atom is -0.413 e. The highest BCUT2D eigenvalue weighted by Gasteiger charge is 2.36. The van der Waals surface area contributed by atoms with E-state index >= 15 is 0 Å². The van der Waals surface area contributed by atoms with E-state index in [-0.39, 0.29) is 10.9 Å². The van der Waals surface area contributed by atoms with Crippen LogP contribution in [-0.2, 0) is 14.0 Å². The quantitative estimate of drug-likeness (QED) is 0.592. The molecule has 1 saturated heterocycles. The van der Waals surface area contributed by atoms with Gasteiger partial charge in [-0.1, -0.05) is 26.8 Å². The molecule has 20 heavy (non-hydrogen) atoms. The number of carbonyl (C=O) groups is 1. The molecule has 1 heterocycles. The van der Waals surface area contributed by atoms with E-state index in [4.69, 9.17) is 9.16 Å². The second-order valence-electron chi connectivity index (χ2n) is 6.86. The predicted octanol–water partition coefficient (Wildman–Crippen LogP) is 2.81. The van der Waals surface area contributed by atoms with Crippen molar-refractivity contribution in [1.29, 1.82) is 0 Å². The van der Waals surface area contributed by atoms with Gasteiger partial charge in [0.25, 0.3) is 0 Å². The molecule has 0 aromatic heterocycles. The molecule has 0 aliphatic carbocycles. The fourth-order valence-electron chi connectivity index (χ4n) is 1.69. The molecular formula is C15H29NO3Si. The van der Waals surface area contributed by atoms with Crippen molar-refractivity contribution in [1.82, 2.24) is 4.90 Å². The number of rotatable bonds is 4. The van der Waals surface area contributed by atoms with E-state index in [1.54, 1.807) is 0 Å². The molecule has 4 nitrogen and oxygen atoms in total. The first-order valence-corrected chi connectivity index (χ1v) is 10.2. The molecule has 1 aliphatic heterocycles. The molecule has 0 bridgehead atoms. The highest BCUT2D eigenvalue weighted by Crippen LogP contribution is 2.36. The van der Waals surface area contributed by atoms with Crippen molar-refractivity contribution in [3.8, 4) is 0 Å². The third-order valence-corrected chi connectivity index (χ3v) is 8.78. The lowest BCUT2D eigenvalue weighted by atomic mass is 10.2. The Kier molecular flexibility index (Phi) is 5.98. The Hall–Kier alpha value is -0.653. The molecule has 1 aliphatic rings. The molecule has 0 atom stereocenters. The van der Waals surface area contributed by atoms with E-state index in [1.165, 1.54) is 0 Å². The van der Waals surface area contributed by atoms with E-state index in [0.717, 1.165) is 5.57 Å². The number of hydrogen-bond acceptors (Lipinski definition) is 3. The lowest BCUT2D eigenvalue weighted by Gasteiger charge is -2.35. The van der Waals surface area contributed by atoms with Crippen molar-refractivity contribution in [2.45, 2.75) is 45.8 Å². The van der Waals surface area contributed by atoms with Crippen molar-refractivity contribution < 1.29 is 14.0 Å². The van der Waals surface area contributed by atoms with Crippen molar-refractivity contribution in [3.63, 3.8) is 0 Å². The molecule has 116 valence electrons. The molecule has 1 fully saturated rings. The van der Waals surface area contributed by atoms with Crippen molar-refractivity contribution in [2.24, 2.45) is 0 Å². The molecule has 1 rings (SSSR count). The Morgan fingerprint density at radius 3 is 2.35 bits per heavy atom. The summed E-state index contributed by atoms with van der Waals surface area (Å²) in [5.74, 6) is 0.104. The van der Waals surface area contributed by atoms with Gasteiger partial charge in [0.1, 0.15) is 0 Å². The lowest BCUT2D eigenvalue weighted by molar-refractivity contribution is -0.131. The summed E-state index contributed by atoms with van der Waals surface area (Å²) in [6.07, 6.45) is 1.91. The fraction of sp³-hybridized carbons (Fsp3) is 0.800. The monoisotopic (exact) mass is 299 g/mol. The third kappa shape index (κ3) is 4.72. The van der Waals surface area contributed by atoms with Crippen molar-refractivity contribution in [2.75, 3.05) is 32.9 Å². The molecule has 0 saturated carbocycles. The maximum atomic E-state index is 12.2. The average molecular weight is 299 g/mol. The van der Waals surface area contributed by atoms with E-state index in [1.807, 2.05) is 17.9 Å². The van der Waals surface area contributed by atoms with Gasteiger partial charge in [-0.05, 0) is 25.1 Å². The zero-order valence-corrected chi connectivity index (χ0v) is 14.8. The Bertz CT molecular complexity index is 366. The predicted molar refractivity (Wildman–Crippen MR) is 84.3 cm³/mol. The van der Waals surface area contributed by atoms with Gasteiger partial charge < -0.3 is 14.1 Å². The number of hydrogen-bond donors (Lipinski definition) is 0. The highest BCUT2D eigenvalue weighted by atomic mass is 28.4. The van der Waals surface area contributed by atoms with Crippen LogP contribution in [0.5, 0.6) is 0 Å². The Morgan fingerprint density at radius 1 is 1.30 bits per heavy atom. The Balaban J connectivity index is 2.51. The summed E-state index contributed by atoms with van der Waals surface area (Å²) < 4.78 is 11.3. The largest absolute Gasteiger partial charge is 0.413 e. The molecule has 0 unspecified atom stereocenters. The minimum atomic E-state index is -1.74. The van der Waals surface area contributed by atoms with Gasteiger partial charge in [0.2, 0.25) is 5.91 Å². The first kappa shape index (κ1) is 17.4. The minimum absolute atomic E-state index is 0.104. The van der Waals surface area contributed by atoms with Gasteiger partial charge in [0.05, 0.1) is 19.8 Å². The van der Waals surface area contributed by atoms with Gasteiger partial charge in [-0.15, -0.1) is 0 Å².